The molecule has 0 radical (unpaired) electrons. The molecule has 0 saturated carbocycles. The molecule has 0 spiro atoms. The monoisotopic (exact) mass is 377 g/mol. The summed E-state index contributed by atoms with van der Waals surface area (Å²) in [5.74, 6) is 0.379. The summed E-state index contributed by atoms with van der Waals surface area (Å²) >= 11 is 6.29. The van der Waals surface area contributed by atoms with E-state index >= 15 is 0 Å². The van der Waals surface area contributed by atoms with E-state index in [1.54, 1.807) is 19.3 Å². The molecular weight excluding hydrogens is 358 g/mol. The number of aryl methyl sites for hydroxylation is 1. The van der Waals surface area contributed by atoms with Gasteiger partial charge in [0.05, 0.1) is 12.8 Å². The van der Waals surface area contributed by atoms with Gasteiger partial charge >= 0.3 is 0 Å². The number of benzene rings is 3. The van der Waals surface area contributed by atoms with Gasteiger partial charge in [-0.1, -0.05) is 66.2 Å². The molecule has 0 aliphatic carbocycles. The maximum absolute atomic E-state index is 13.1. The van der Waals surface area contributed by atoms with Crippen molar-refractivity contribution < 1.29 is 9.53 Å². The van der Waals surface area contributed by atoms with Crippen LogP contribution in [0.3, 0.4) is 0 Å². The Labute approximate surface area is 164 Å². The van der Waals surface area contributed by atoms with Gasteiger partial charge in [0.15, 0.2) is 0 Å². The highest BCUT2D eigenvalue weighted by atomic mass is 35.5. The van der Waals surface area contributed by atoms with Crippen LogP contribution in [0.15, 0.2) is 72.8 Å². The Morgan fingerprint density at radius 3 is 2.41 bits per heavy atom. The SMILES string of the molecule is COc1ccc(C)cc1NC(=O)C(=Cc1ccccc1Cl)c1ccccc1. The summed E-state index contributed by atoms with van der Waals surface area (Å²) in [6.07, 6.45) is 1.80. The molecule has 0 unspecified atom stereocenters. The Bertz CT molecular complexity index is 981. The lowest BCUT2D eigenvalue weighted by Gasteiger charge is -2.13. The van der Waals surface area contributed by atoms with E-state index in [1.165, 1.54) is 0 Å². The normalized spacial score (nSPS) is 11.1. The molecule has 0 saturated heterocycles. The van der Waals surface area contributed by atoms with Gasteiger partial charge < -0.3 is 10.1 Å². The highest BCUT2D eigenvalue weighted by Gasteiger charge is 2.15. The van der Waals surface area contributed by atoms with Crippen LogP contribution < -0.4 is 10.1 Å². The first kappa shape index (κ1) is 18.7. The predicted molar refractivity (Wildman–Crippen MR) is 112 cm³/mol. The van der Waals surface area contributed by atoms with Crippen molar-refractivity contribution in [3.8, 4) is 5.75 Å². The van der Waals surface area contributed by atoms with Gasteiger partial charge in [-0.05, 0) is 47.9 Å². The Morgan fingerprint density at radius 1 is 1.00 bits per heavy atom. The van der Waals surface area contributed by atoms with Crippen LogP contribution in [0.25, 0.3) is 11.6 Å². The number of amides is 1. The summed E-state index contributed by atoms with van der Waals surface area (Å²) in [6, 6.07) is 22.6. The second-order valence-electron chi connectivity index (χ2n) is 6.10. The second-order valence-corrected chi connectivity index (χ2v) is 6.51. The summed E-state index contributed by atoms with van der Waals surface area (Å²) in [5, 5.41) is 3.55. The summed E-state index contributed by atoms with van der Waals surface area (Å²) < 4.78 is 5.37. The molecule has 3 nitrogen and oxygen atoms in total. The molecule has 4 heteroatoms. The maximum Gasteiger partial charge on any atom is 0.256 e. The third-order valence-corrected chi connectivity index (χ3v) is 4.48. The molecule has 0 heterocycles. The zero-order chi connectivity index (χ0) is 19.2. The Morgan fingerprint density at radius 2 is 1.70 bits per heavy atom. The van der Waals surface area contributed by atoms with Crippen LogP contribution in [0.4, 0.5) is 5.69 Å². The van der Waals surface area contributed by atoms with E-state index < -0.39 is 0 Å². The van der Waals surface area contributed by atoms with E-state index in [1.807, 2.05) is 73.7 Å². The van der Waals surface area contributed by atoms with Crippen LogP contribution in [0.5, 0.6) is 5.75 Å². The van der Waals surface area contributed by atoms with E-state index in [2.05, 4.69) is 5.32 Å². The fourth-order valence-electron chi connectivity index (χ4n) is 2.75. The van der Waals surface area contributed by atoms with Crippen molar-refractivity contribution in [2.75, 3.05) is 12.4 Å². The lowest BCUT2D eigenvalue weighted by atomic mass is 10.0. The lowest BCUT2D eigenvalue weighted by Crippen LogP contribution is -2.14. The number of carbonyl (C=O) groups excluding carboxylic acids is 1. The van der Waals surface area contributed by atoms with E-state index in [4.69, 9.17) is 16.3 Å². The summed E-state index contributed by atoms with van der Waals surface area (Å²) in [6.45, 7) is 1.97. The van der Waals surface area contributed by atoms with Gasteiger partial charge in [-0.3, -0.25) is 4.79 Å². The molecule has 0 atom stereocenters. The molecule has 1 amide bonds. The Hall–Kier alpha value is -3.04. The van der Waals surface area contributed by atoms with Crippen LogP contribution in [0.1, 0.15) is 16.7 Å². The van der Waals surface area contributed by atoms with Gasteiger partial charge in [-0.15, -0.1) is 0 Å². The van der Waals surface area contributed by atoms with Crippen LogP contribution >= 0.6 is 11.6 Å². The number of anilines is 1. The fourth-order valence-corrected chi connectivity index (χ4v) is 2.94. The number of methoxy groups -OCH3 is 1. The van der Waals surface area contributed by atoms with Crippen LogP contribution in [0.2, 0.25) is 5.02 Å². The molecule has 3 aromatic rings. The van der Waals surface area contributed by atoms with E-state index in [0.29, 0.717) is 22.0 Å². The van der Waals surface area contributed by atoms with Crippen molar-refractivity contribution in [3.05, 3.63) is 94.5 Å². The molecular formula is C23H20ClNO2. The molecule has 136 valence electrons. The van der Waals surface area contributed by atoms with E-state index in [-0.39, 0.29) is 5.91 Å². The smallest absolute Gasteiger partial charge is 0.256 e. The number of hydrogen-bond donors (Lipinski definition) is 1. The number of hydrogen-bond acceptors (Lipinski definition) is 2. The Balaban J connectivity index is 2.02. The molecule has 0 aromatic heterocycles. The van der Waals surface area contributed by atoms with Gasteiger partial charge in [0, 0.05) is 10.6 Å². The minimum absolute atomic E-state index is 0.231. The quantitative estimate of drug-likeness (QED) is 0.448. The topological polar surface area (TPSA) is 38.3 Å². The van der Waals surface area contributed by atoms with Crippen LogP contribution in [-0.4, -0.2) is 13.0 Å². The van der Waals surface area contributed by atoms with Crippen molar-refractivity contribution in [1.29, 1.82) is 0 Å². The van der Waals surface area contributed by atoms with Crippen molar-refractivity contribution in [2.45, 2.75) is 6.92 Å². The molecule has 3 rings (SSSR count). The number of nitrogens with one attached hydrogen (secondary N) is 1. The molecule has 0 fully saturated rings. The average Bonchev–Trinajstić information content (AvgIpc) is 2.68. The number of halogens is 1. The van der Waals surface area contributed by atoms with Gasteiger partial charge in [0.25, 0.3) is 5.91 Å². The zero-order valence-electron chi connectivity index (χ0n) is 15.2. The molecule has 27 heavy (non-hydrogen) atoms. The first-order chi connectivity index (χ1) is 13.1. The summed E-state index contributed by atoms with van der Waals surface area (Å²) in [5.41, 5.74) is 3.77. The molecule has 0 aliphatic rings. The van der Waals surface area contributed by atoms with Crippen molar-refractivity contribution in [3.63, 3.8) is 0 Å². The molecule has 0 bridgehead atoms. The average molecular weight is 378 g/mol. The Kier molecular flexibility index (Phi) is 5.94. The van der Waals surface area contributed by atoms with Crippen LogP contribution in [-0.2, 0) is 4.79 Å². The largest absolute Gasteiger partial charge is 0.495 e. The predicted octanol–water partition coefficient (Wildman–Crippen LogP) is 5.84. The highest BCUT2D eigenvalue weighted by molar-refractivity contribution is 6.34. The first-order valence-electron chi connectivity index (χ1n) is 8.56. The van der Waals surface area contributed by atoms with Crippen molar-refractivity contribution >= 4 is 34.8 Å². The molecule has 3 aromatic carbocycles. The van der Waals surface area contributed by atoms with Gasteiger partial charge in [0.1, 0.15) is 5.75 Å². The van der Waals surface area contributed by atoms with Crippen LogP contribution in [0, 0.1) is 6.92 Å². The number of ether oxygens (including phenoxy) is 1. The van der Waals surface area contributed by atoms with Crippen molar-refractivity contribution in [2.24, 2.45) is 0 Å². The maximum atomic E-state index is 13.1. The van der Waals surface area contributed by atoms with Gasteiger partial charge in [0.2, 0.25) is 0 Å². The lowest BCUT2D eigenvalue weighted by molar-refractivity contribution is -0.111. The van der Waals surface area contributed by atoms with Gasteiger partial charge in [-0.25, -0.2) is 0 Å². The zero-order valence-corrected chi connectivity index (χ0v) is 16.0. The minimum Gasteiger partial charge on any atom is -0.495 e. The number of carbonyl (C=O) groups is 1. The number of rotatable bonds is 5. The summed E-state index contributed by atoms with van der Waals surface area (Å²) in [7, 11) is 1.58. The fraction of sp³-hybridized carbons (Fsp3) is 0.0870. The minimum atomic E-state index is -0.231. The highest BCUT2D eigenvalue weighted by Crippen LogP contribution is 2.28. The molecule has 1 N–H and O–H groups in total. The van der Waals surface area contributed by atoms with E-state index in [9.17, 15) is 4.79 Å². The summed E-state index contributed by atoms with van der Waals surface area (Å²) in [4.78, 5) is 13.1. The van der Waals surface area contributed by atoms with E-state index in [0.717, 1.165) is 16.7 Å². The third-order valence-electron chi connectivity index (χ3n) is 4.14. The third kappa shape index (κ3) is 4.57. The molecule has 0 aliphatic heterocycles. The first-order valence-corrected chi connectivity index (χ1v) is 8.94. The second kappa shape index (κ2) is 8.56. The van der Waals surface area contributed by atoms with Gasteiger partial charge in [-0.2, -0.15) is 0 Å². The van der Waals surface area contributed by atoms with Crippen molar-refractivity contribution in [1.82, 2.24) is 0 Å². The standard InChI is InChI=1S/C23H20ClNO2/c1-16-12-13-22(27-2)21(14-16)25-23(26)19(17-8-4-3-5-9-17)15-18-10-6-7-11-20(18)24/h3-15H,1-2H3,(H,25,26).